The second kappa shape index (κ2) is 5.58. The Bertz CT molecular complexity index is 384. The predicted molar refractivity (Wildman–Crippen MR) is 72.6 cm³/mol. The Morgan fingerprint density at radius 3 is 2.53 bits per heavy atom. The molecule has 0 atom stereocenters. The fourth-order valence-corrected chi connectivity index (χ4v) is 2.09. The van der Waals surface area contributed by atoms with E-state index in [1.807, 2.05) is 29.2 Å². The van der Waals surface area contributed by atoms with Crippen LogP contribution in [-0.2, 0) is 0 Å². The van der Waals surface area contributed by atoms with Crippen LogP contribution < -0.4 is 0 Å². The van der Waals surface area contributed by atoms with Crippen molar-refractivity contribution in [2.75, 3.05) is 13.1 Å². The van der Waals surface area contributed by atoms with Gasteiger partial charge in [0, 0.05) is 23.5 Å². The highest BCUT2D eigenvalue weighted by Crippen LogP contribution is 2.30. The fraction of sp³-hybridized carbons (Fsp3) is 0.500. The number of nitrogens with zero attached hydrogens (tertiary/aromatic N) is 1. The molecule has 1 amide bonds. The van der Waals surface area contributed by atoms with Crippen molar-refractivity contribution in [2.45, 2.75) is 31.1 Å². The fourth-order valence-electron chi connectivity index (χ4n) is 1.94. The molecule has 1 saturated carbocycles. The third-order valence-electron chi connectivity index (χ3n) is 3.07. The summed E-state index contributed by atoms with van der Waals surface area (Å²) in [5.41, 5.74) is 0.775. The Labute approximate surface area is 108 Å². The monoisotopic (exact) mass is 249 g/mol. The van der Waals surface area contributed by atoms with Crippen LogP contribution in [0.15, 0.2) is 29.2 Å². The van der Waals surface area contributed by atoms with Gasteiger partial charge in [0.15, 0.2) is 0 Å². The summed E-state index contributed by atoms with van der Waals surface area (Å²) in [7, 11) is 0. The molecule has 0 saturated heterocycles. The zero-order valence-electron chi connectivity index (χ0n) is 10.2. The molecule has 1 aliphatic carbocycles. The van der Waals surface area contributed by atoms with Gasteiger partial charge < -0.3 is 4.90 Å². The first-order valence-corrected chi connectivity index (χ1v) is 6.73. The summed E-state index contributed by atoms with van der Waals surface area (Å²) in [5.74, 6) is 0.904. The van der Waals surface area contributed by atoms with Crippen molar-refractivity contribution >= 4 is 18.5 Å². The molecule has 92 valence electrons. The molecule has 0 aliphatic heterocycles. The molecule has 3 heteroatoms. The topological polar surface area (TPSA) is 20.3 Å². The highest BCUT2D eigenvalue weighted by Gasteiger charge is 2.26. The zero-order valence-corrected chi connectivity index (χ0v) is 11.1. The van der Waals surface area contributed by atoms with E-state index in [9.17, 15) is 4.79 Å². The van der Waals surface area contributed by atoms with Crippen LogP contribution in [0.2, 0.25) is 0 Å². The van der Waals surface area contributed by atoms with Crippen LogP contribution in [-0.4, -0.2) is 23.9 Å². The lowest BCUT2D eigenvalue weighted by Crippen LogP contribution is -2.33. The van der Waals surface area contributed by atoms with Crippen LogP contribution in [0.5, 0.6) is 0 Å². The van der Waals surface area contributed by atoms with Gasteiger partial charge in [-0.15, -0.1) is 12.6 Å². The Balaban J connectivity index is 2.05. The third-order valence-corrected chi connectivity index (χ3v) is 3.37. The first-order valence-electron chi connectivity index (χ1n) is 6.29. The van der Waals surface area contributed by atoms with E-state index in [0.29, 0.717) is 0 Å². The molecule has 0 aromatic heterocycles. The van der Waals surface area contributed by atoms with Gasteiger partial charge in [-0.1, -0.05) is 6.92 Å². The normalized spacial score (nSPS) is 14.7. The Morgan fingerprint density at radius 1 is 1.35 bits per heavy atom. The van der Waals surface area contributed by atoms with Crippen LogP contribution >= 0.6 is 12.6 Å². The van der Waals surface area contributed by atoms with Gasteiger partial charge >= 0.3 is 0 Å². The van der Waals surface area contributed by atoms with Crippen LogP contribution in [0, 0.1) is 5.92 Å². The first-order chi connectivity index (χ1) is 8.20. The van der Waals surface area contributed by atoms with Crippen LogP contribution in [0.4, 0.5) is 0 Å². The van der Waals surface area contributed by atoms with Crippen molar-refractivity contribution in [1.29, 1.82) is 0 Å². The number of carbonyl (C=O) groups excluding carboxylic acids is 1. The average molecular weight is 249 g/mol. The van der Waals surface area contributed by atoms with Crippen molar-refractivity contribution in [1.82, 2.24) is 4.90 Å². The molecule has 2 nitrogen and oxygen atoms in total. The molecular weight excluding hydrogens is 230 g/mol. The quantitative estimate of drug-likeness (QED) is 0.794. The number of carbonyl (C=O) groups is 1. The largest absolute Gasteiger partial charge is 0.338 e. The average Bonchev–Trinajstić information content (AvgIpc) is 3.13. The van der Waals surface area contributed by atoms with Crippen molar-refractivity contribution in [3.05, 3.63) is 29.8 Å². The summed E-state index contributed by atoms with van der Waals surface area (Å²) >= 11 is 4.23. The van der Waals surface area contributed by atoms with E-state index < -0.39 is 0 Å². The minimum Gasteiger partial charge on any atom is -0.338 e. The van der Waals surface area contributed by atoms with Gasteiger partial charge in [-0.25, -0.2) is 0 Å². The Morgan fingerprint density at radius 2 is 2.00 bits per heavy atom. The molecule has 2 rings (SSSR count). The number of benzene rings is 1. The molecule has 0 unspecified atom stereocenters. The molecule has 17 heavy (non-hydrogen) atoms. The van der Waals surface area contributed by atoms with E-state index in [4.69, 9.17) is 0 Å². The summed E-state index contributed by atoms with van der Waals surface area (Å²) in [6, 6.07) is 7.47. The molecule has 0 radical (unpaired) electrons. The van der Waals surface area contributed by atoms with Crippen molar-refractivity contribution < 1.29 is 4.79 Å². The van der Waals surface area contributed by atoms with Gasteiger partial charge in [-0.05, 0) is 49.4 Å². The van der Waals surface area contributed by atoms with Gasteiger partial charge in [0.2, 0.25) is 0 Å². The lowest BCUT2D eigenvalue weighted by molar-refractivity contribution is 0.0747. The molecule has 0 N–H and O–H groups in total. The maximum absolute atomic E-state index is 12.3. The molecule has 0 heterocycles. The second-order valence-electron chi connectivity index (χ2n) is 4.74. The molecular formula is C14H19NOS. The molecule has 1 aliphatic rings. The molecule has 1 aromatic rings. The third kappa shape index (κ3) is 3.50. The van der Waals surface area contributed by atoms with Gasteiger partial charge in [-0.3, -0.25) is 4.79 Å². The molecule has 0 bridgehead atoms. The van der Waals surface area contributed by atoms with Crippen molar-refractivity contribution in [2.24, 2.45) is 5.92 Å². The first kappa shape index (κ1) is 12.5. The van der Waals surface area contributed by atoms with Crippen molar-refractivity contribution in [3.8, 4) is 0 Å². The Kier molecular flexibility index (Phi) is 4.11. The number of amides is 1. The minimum atomic E-state index is 0.159. The van der Waals surface area contributed by atoms with E-state index in [1.165, 1.54) is 12.8 Å². The number of hydrogen-bond donors (Lipinski definition) is 1. The van der Waals surface area contributed by atoms with Crippen molar-refractivity contribution in [3.63, 3.8) is 0 Å². The Hall–Kier alpha value is -0.960. The van der Waals surface area contributed by atoms with Crippen LogP contribution in [0.3, 0.4) is 0 Å². The van der Waals surface area contributed by atoms with Gasteiger partial charge in [-0.2, -0.15) is 0 Å². The van der Waals surface area contributed by atoms with E-state index in [-0.39, 0.29) is 5.91 Å². The smallest absolute Gasteiger partial charge is 0.253 e. The second-order valence-corrected chi connectivity index (χ2v) is 5.26. The minimum absolute atomic E-state index is 0.159. The van der Waals surface area contributed by atoms with E-state index in [2.05, 4.69) is 19.6 Å². The van der Waals surface area contributed by atoms with Gasteiger partial charge in [0.05, 0.1) is 0 Å². The van der Waals surface area contributed by atoms with Gasteiger partial charge in [0.25, 0.3) is 5.91 Å². The summed E-state index contributed by atoms with van der Waals surface area (Å²) in [4.78, 5) is 15.2. The van der Waals surface area contributed by atoms with Crippen LogP contribution in [0.25, 0.3) is 0 Å². The van der Waals surface area contributed by atoms with E-state index >= 15 is 0 Å². The SMILES string of the molecule is CCCN(CC1CC1)C(=O)c1ccc(S)cc1. The molecule has 1 fully saturated rings. The maximum atomic E-state index is 12.3. The lowest BCUT2D eigenvalue weighted by Gasteiger charge is -2.22. The maximum Gasteiger partial charge on any atom is 0.253 e. The summed E-state index contributed by atoms with van der Waals surface area (Å²) in [5, 5.41) is 0. The zero-order chi connectivity index (χ0) is 12.3. The van der Waals surface area contributed by atoms with E-state index in [0.717, 1.165) is 35.9 Å². The summed E-state index contributed by atoms with van der Waals surface area (Å²) < 4.78 is 0. The van der Waals surface area contributed by atoms with Gasteiger partial charge in [0.1, 0.15) is 0 Å². The highest BCUT2D eigenvalue weighted by molar-refractivity contribution is 7.80. The highest BCUT2D eigenvalue weighted by atomic mass is 32.1. The number of hydrogen-bond acceptors (Lipinski definition) is 2. The summed E-state index contributed by atoms with van der Waals surface area (Å²) in [6.45, 7) is 3.90. The standard InChI is InChI=1S/C14H19NOS/c1-2-9-15(10-11-3-4-11)14(16)12-5-7-13(17)8-6-12/h5-8,11,17H,2-4,9-10H2,1H3. The van der Waals surface area contributed by atoms with Crippen LogP contribution in [0.1, 0.15) is 36.5 Å². The molecule has 1 aromatic carbocycles. The number of rotatable bonds is 5. The molecule has 0 spiro atoms. The summed E-state index contributed by atoms with van der Waals surface area (Å²) in [6.07, 6.45) is 3.58. The number of thiol groups is 1. The van der Waals surface area contributed by atoms with E-state index in [1.54, 1.807) is 0 Å². The predicted octanol–water partition coefficient (Wildman–Crippen LogP) is 3.24. The lowest BCUT2D eigenvalue weighted by atomic mass is 10.2.